The summed E-state index contributed by atoms with van der Waals surface area (Å²) in [4.78, 5) is 39.0. The van der Waals surface area contributed by atoms with Crippen molar-refractivity contribution in [1.29, 1.82) is 0 Å². The van der Waals surface area contributed by atoms with Gasteiger partial charge in [-0.3, -0.25) is 14.5 Å². The lowest BCUT2D eigenvalue weighted by Gasteiger charge is -2.08. The van der Waals surface area contributed by atoms with Crippen LogP contribution < -0.4 is 10.6 Å². The van der Waals surface area contributed by atoms with E-state index in [0.29, 0.717) is 23.8 Å². The summed E-state index contributed by atoms with van der Waals surface area (Å²) < 4.78 is 6.52. The number of carbonyl (C=O) groups is 3. The largest absolute Gasteiger partial charge is 0.452 e. The maximum Gasteiger partial charge on any atom is 0.331 e. The second kappa shape index (κ2) is 9.72. The molecule has 9 heteroatoms. The molecule has 2 aromatic heterocycles. The van der Waals surface area contributed by atoms with Crippen molar-refractivity contribution in [1.82, 2.24) is 20.0 Å². The van der Waals surface area contributed by atoms with Gasteiger partial charge in [0.1, 0.15) is 5.65 Å². The molecule has 0 aliphatic heterocycles. The van der Waals surface area contributed by atoms with Crippen LogP contribution in [-0.2, 0) is 14.3 Å². The molecule has 0 spiro atoms. The zero-order valence-electron chi connectivity index (χ0n) is 15.1. The topological polar surface area (TPSA) is 102 Å². The quantitative estimate of drug-likeness (QED) is 0.556. The Balaban J connectivity index is 1.80. The number of fused-ring (bicyclic) bond motifs is 1. The lowest BCUT2D eigenvalue weighted by molar-refractivity contribution is -0.143. The number of imidazole rings is 1. The highest BCUT2D eigenvalue weighted by Gasteiger charge is 2.11. The van der Waals surface area contributed by atoms with E-state index >= 15 is 0 Å². The van der Waals surface area contributed by atoms with Crippen LogP contribution in [0.1, 0.15) is 26.0 Å². The number of ether oxygens (including phenoxy) is 1. The minimum absolute atomic E-state index is 0.237. The van der Waals surface area contributed by atoms with E-state index in [4.69, 9.17) is 16.3 Å². The van der Waals surface area contributed by atoms with E-state index in [2.05, 4.69) is 15.6 Å². The molecular formula is C18H21ClN4O4. The van der Waals surface area contributed by atoms with E-state index < -0.39 is 24.5 Å². The second-order valence-electron chi connectivity index (χ2n) is 6.14. The normalized spacial score (nSPS) is 11.1. The predicted molar refractivity (Wildman–Crippen MR) is 101 cm³/mol. The Bertz CT molecular complexity index is 860. The smallest absolute Gasteiger partial charge is 0.331 e. The van der Waals surface area contributed by atoms with Crippen LogP contribution in [0.5, 0.6) is 0 Å². The van der Waals surface area contributed by atoms with Crippen LogP contribution >= 0.6 is 11.6 Å². The Morgan fingerprint density at radius 2 is 2.11 bits per heavy atom. The Hall–Kier alpha value is -2.87. The van der Waals surface area contributed by atoms with Crippen LogP contribution in [0, 0.1) is 5.92 Å². The molecule has 2 aromatic rings. The second-order valence-corrected chi connectivity index (χ2v) is 6.50. The van der Waals surface area contributed by atoms with E-state index in [1.54, 1.807) is 22.7 Å². The summed E-state index contributed by atoms with van der Waals surface area (Å²) in [5, 5.41) is 4.87. The van der Waals surface area contributed by atoms with E-state index in [1.165, 1.54) is 6.08 Å². The number of amides is 3. The van der Waals surface area contributed by atoms with E-state index in [9.17, 15) is 14.4 Å². The van der Waals surface area contributed by atoms with E-state index in [1.807, 2.05) is 19.9 Å². The number of aromatic nitrogens is 2. The number of nitrogens with zero attached hydrogens (tertiary/aromatic N) is 2. The lowest BCUT2D eigenvalue weighted by Crippen LogP contribution is -2.41. The zero-order chi connectivity index (χ0) is 19.8. The first-order chi connectivity index (χ1) is 12.9. The minimum Gasteiger partial charge on any atom is -0.452 e. The summed E-state index contributed by atoms with van der Waals surface area (Å²) in [7, 11) is 0. The number of urea groups is 1. The molecule has 0 bridgehead atoms. The molecule has 3 amide bonds. The van der Waals surface area contributed by atoms with Gasteiger partial charge in [0.15, 0.2) is 11.8 Å². The van der Waals surface area contributed by atoms with Crippen LogP contribution in [0.3, 0.4) is 0 Å². The molecule has 0 unspecified atom stereocenters. The van der Waals surface area contributed by atoms with Crippen molar-refractivity contribution < 1.29 is 19.1 Å². The molecule has 0 saturated heterocycles. The lowest BCUT2D eigenvalue weighted by atomic mass is 10.1. The number of esters is 1. The maximum absolute atomic E-state index is 11.8. The van der Waals surface area contributed by atoms with Gasteiger partial charge in [-0.05, 0) is 30.5 Å². The van der Waals surface area contributed by atoms with Crippen molar-refractivity contribution >= 4 is 41.2 Å². The van der Waals surface area contributed by atoms with Crippen LogP contribution in [-0.4, -0.2) is 40.4 Å². The van der Waals surface area contributed by atoms with Crippen LogP contribution in [0.15, 0.2) is 30.5 Å². The van der Waals surface area contributed by atoms with Crippen molar-refractivity contribution in [3.05, 3.63) is 41.3 Å². The number of halogens is 1. The fraction of sp³-hybridized carbons (Fsp3) is 0.333. The third-order valence-electron chi connectivity index (χ3n) is 3.50. The summed E-state index contributed by atoms with van der Waals surface area (Å²) in [5.74, 6) is -1.02. The third-order valence-corrected chi connectivity index (χ3v) is 3.78. The van der Waals surface area contributed by atoms with Crippen LogP contribution in [0.2, 0.25) is 5.15 Å². The van der Waals surface area contributed by atoms with Crippen molar-refractivity contribution in [2.24, 2.45) is 5.92 Å². The van der Waals surface area contributed by atoms with Gasteiger partial charge in [-0.1, -0.05) is 31.5 Å². The number of rotatable bonds is 7. The highest BCUT2D eigenvalue weighted by molar-refractivity contribution is 6.31. The van der Waals surface area contributed by atoms with Gasteiger partial charge in [0.25, 0.3) is 5.91 Å². The highest BCUT2D eigenvalue weighted by atomic mass is 35.5. The average molecular weight is 393 g/mol. The number of imide groups is 1. The highest BCUT2D eigenvalue weighted by Crippen LogP contribution is 2.18. The summed E-state index contributed by atoms with van der Waals surface area (Å²) in [5.41, 5.74) is 1.15. The average Bonchev–Trinajstić information content (AvgIpc) is 2.93. The van der Waals surface area contributed by atoms with Crippen LogP contribution in [0.25, 0.3) is 11.7 Å². The Morgan fingerprint density at radius 3 is 2.85 bits per heavy atom. The maximum atomic E-state index is 11.8. The summed E-state index contributed by atoms with van der Waals surface area (Å²) in [6, 6.07) is 4.78. The molecule has 0 fully saturated rings. The number of nitrogens with one attached hydrogen (secondary N) is 2. The molecule has 2 N–H and O–H groups in total. The van der Waals surface area contributed by atoms with Gasteiger partial charge in [-0.2, -0.15) is 0 Å². The number of pyridine rings is 1. The third kappa shape index (κ3) is 6.41. The van der Waals surface area contributed by atoms with Crippen molar-refractivity contribution in [2.45, 2.75) is 20.3 Å². The van der Waals surface area contributed by atoms with Gasteiger partial charge < -0.3 is 10.1 Å². The van der Waals surface area contributed by atoms with Gasteiger partial charge in [0, 0.05) is 18.8 Å². The Morgan fingerprint density at radius 1 is 1.33 bits per heavy atom. The van der Waals surface area contributed by atoms with Gasteiger partial charge >= 0.3 is 12.0 Å². The summed E-state index contributed by atoms with van der Waals surface area (Å²) in [6.45, 7) is 3.94. The van der Waals surface area contributed by atoms with Crippen molar-refractivity contribution in [3.8, 4) is 0 Å². The number of carbonyl (C=O) groups excluding carboxylic acids is 3. The van der Waals surface area contributed by atoms with Crippen LogP contribution in [0.4, 0.5) is 4.79 Å². The minimum atomic E-state index is -0.743. The summed E-state index contributed by atoms with van der Waals surface area (Å²) >= 11 is 6.05. The molecule has 0 aliphatic carbocycles. The van der Waals surface area contributed by atoms with E-state index in [0.717, 1.165) is 12.5 Å². The molecule has 2 heterocycles. The first-order valence-corrected chi connectivity index (χ1v) is 8.79. The van der Waals surface area contributed by atoms with Crippen molar-refractivity contribution in [2.75, 3.05) is 13.2 Å². The van der Waals surface area contributed by atoms with Gasteiger partial charge in [-0.25, -0.2) is 14.6 Å². The molecule has 0 aromatic carbocycles. The van der Waals surface area contributed by atoms with E-state index in [-0.39, 0.29) is 5.15 Å². The summed E-state index contributed by atoms with van der Waals surface area (Å²) in [6.07, 6.45) is 5.14. The molecule has 8 nitrogen and oxygen atoms in total. The molecule has 0 radical (unpaired) electrons. The molecule has 144 valence electrons. The first kappa shape index (κ1) is 20.4. The fourth-order valence-electron chi connectivity index (χ4n) is 2.15. The van der Waals surface area contributed by atoms with Gasteiger partial charge in [0.05, 0.1) is 5.69 Å². The Labute approximate surface area is 161 Å². The predicted octanol–water partition coefficient (Wildman–Crippen LogP) is 2.42. The molecule has 0 saturated carbocycles. The SMILES string of the molecule is CC(C)CCNC(=O)NC(=O)COC(=O)/C=C/c1c(Cl)nc2ccccn12. The monoisotopic (exact) mass is 392 g/mol. The standard InChI is InChI=1S/C18H21ClN4O4/c1-12(2)8-9-20-18(26)22-15(24)11-27-16(25)7-6-13-17(19)21-14-5-3-4-10-23(13)14/h3-7,10,12H,8-9,11H2,1-2H3,(H2,20,22,24,26)/b7-6+. The number of hydrogen-bond acceptors (Lipinski definition) is 5. The molecular weight excluding hydrogens is 372 g/mol. The van der Waals surface area contributed by atoms with Gasteiger partial charge in [-0.15, -0.1) is 0 Å². The zero-order valence-corrected chi connectivity index (χ0v) is 15.8. The fourth-order valence-corrected chi connectivity index (χ4v) is 2.39. The molecule has 27 heavy (non-hydrogen) atoms. The van der Waals surface area contributed by atoms with Crippen molar-refractivity contribution in [3.63, 3.8) is 0 Å². The van der Waals surface area contributed by atoms with Gasteiger partial charge in [0.2, 0.25) is 0 Å². The molecule has 0 atom stereocenters. The Kier molecular flexibility index (Phi) is 7.36. The molecule has 2 rings (SSSR count). The molecule has 0 aliphatic rings. The first-order valence-electron chi connectivity index (χ1n) is 8.42. The number of hydrogen-bond donors (Lipinski definition) is 2.